The monoisotopic (exact) mass is 549 g/mol. The van der Waals surface area contributed by atoms with Gasteiger partial charge >= 0.3 is 35.5 Å². The number of hydrogen-bond donors (Lipinski definition) is 3. The maximum absolute atomic E-state index is 13.7. The fraction of sp³-hybridized carbons (Fsp3) is 0.414. The number of nitrogens with zero attached hydrogens (tertiary/aromatic N) is 3. The van der Waals surface area contributed by atoms with Gasteiger partial charge in [-0.25, -0.2) is 9.07 Å². The van der Waals surface area contributed by atoms with Crippen LogP contribution in [0.25, 0.3) is 5.69 Å². The maximum Gasteiger partial charge on any atom is 1.00 e. The molecule has 3 N–H and O–H groups in total. The van der Waals surface area contributed by atoms with Gasteiger partial charge in [-0.05, 0) is 61.9 Å². The Hall–Kier alpha value is -2.56. The summed E-state index contributed by atoms with van der Waals surface area (Å²) in [6, 6.07) is 13.7. The molecule has 206 valence electrons. The number of aromatic nitrogens is 2. The minimum Gasteiger partial charge on any atom is -1.00 e. The van der Waals surface area contributed by atoms with Crippen LogP contribution in [0.1, 0.15) is 73.3 Å². The van der Waals surface area contributed by atoms with Gasteiger partial charge in [0.05, 0.1) is 24.3 Å². The smallest absolute Gasteiger partial charge is 1.00 e. The molecule has 0 saturated carbocycles. The molecule has 0 aliphatic rings. The first-order valence-electron chi connectivity index (χ1n) is 12.7. The SMILES string of the molecule is Cc1cccc(CN(C)C(=O)c2nn(-c3ccc(F)cc3)c(CC[C@@H](O)C[C@@H](O)CC(=O)O)c2C(C)C)c1.[H-].[Na+]. The van der Waals surface area contributed by atoms with Crippen molar-refractivity contribution in [2.24, 2.45) is 0 Å². The quantitative estimate of drug-likeness (QED) is 0.294. The van der Waals surface area contributed by atoms with Crippen molar-refractivity contribution in [3.05, 3.63) is 82.4 Å². The van der Waals surface area contributed by atoms with Crippen molar-refractivity contribution >= 4 is 11.9 Å². The number of aliphatic hydroxyl groups is 2. The average Bonchev–Trinajstić information content (AvgIpc) is 3.22. The Bertz CT molecular complexity index is 1270. The first kappa shape index (κ1) is 32.7. The summed E-state index contributed by atoms with van der Waals surface area (Å²) >= 11 is 0. The van der Waals surface area contributed by atoms with E-state index in [-0.39, 0.29) is 61.3 Å². The molecule has 0 bridgehead atoms. The third-order valence-corrected chi connectivity index (χ3v) is 6.39. The van der Waals surface area contributed by atoms with Gasteiger partial charge < -0.3 is 21.6 Å². The van der Waals surface area contributed by atoms with E-state index in [1.165, 1.54) is 12.1 Å². The van der Waals surface area contributed by atoms with Crippen molar-refractivity contribution in [2.75, 3.05) is 7.05 Å². The number of aliphatic carboxylic acids is 1. The zero-order valence-electron chi connectivity index (χ0n) is 24.3. The Labute approximate surface area is 252 Å². The van der Waals surface area contributed by atoms with E-state index < -0.39 is 30.4 Å². The molecule has 0 radical (unpaired) electrons. The van der Waals surface area contributed by atoms with Crippen LogP contribution in [0.3, 0.4) is 0 Å². The van der Waals surface area contributed by atoms with E-state index in [1.54, 1.807) is 28.8 Å². The van der Waals surface area contributed by atoms with Crippen molar-refractivity contribution in [3.63, 3.8) is 0 Å². The molecule has 1 heterocycles. The van der Waals surface area contributed by atoms with Crippen molar-refractivity contribution in [1.82, 2.24) is 14.7 Å². The number of halogens is 1. The van der Waals surface area contributed by atoms with E-state index in [0.29, 0.717) is 24.3 Å². The molecule has 2 atom stereocenters. The number of benzene rings is 2. The zero-order valence-corrected chi connectivity index (χ0v) is 25.3. The van der Waals surface area contributed by atoms with Gasteiger partial charge in [0.15, 0.2) is 5.69 Å². The second-order valence-corrected chi connectivity index (χ2v) is 10.1. The van der Waals surface area contributed by atoms with E-state index >= 15 is 0 Å². The molecule has 3 rings (SSSR count). The van der Waals surface area contributed by atoms with Crippen LogP contribution in [0, 0.1) is 12.7 Å². The summed E-state index contributed by atoms with van der Waals surface area (Å²) < 4.78 is 15.3. The van der Waals surface area contributed by atoms with E-state index in [9.17, 15) is 24.2 Å². The van der Waals surface area contributed by atoms with Gasteiger partial charge in [0.2, 0.25) is 0 Å². The normalized spacial score (nSPS) is 12.6. The van der Waals surface area contributed by atoms with Crippen LogP contribution in [-0.4, -0.2) is 61.1 Å². The van der Waals surface area contributed by atoms with Gasteiger partial charge in [0.1, 0.15) is 5.82 Å². The standard InChI is InChI=1S/C29H36FN3O5.Na.H/c1-18(2)27-25(13-12-23(34)15-24(35)16-26(36)37)33(22-10-8-21(30)9-11-22)31-28(27)29(38)32(4)17-20-7-5-6-19(3)14-20;;/h5-11,14,18,23-24,34-35H,12-13,15-17H2,1-4H3,(H,36,37);;/q;+1;-1/t23-,24-;;/m1../s1. The number of aryl methyl sites for hydroxylation is 1. The number of carbonyl (C=O) groups excluding carboxylic acids is 1. The molecule has 0 aliphatic carbocycles. The third-order valence-electron chi connectivity index (χ3n) is 6.39. The molecule has 0 unspecified atom stereocenters. The maximum atomic E-state index is 13.7. The first-order chi connectivity index (χ1) is 18.0. The van der Waals surface area contributed by atoms with Crippen molar-refractivity contribution in [2.45, 2.75) is 71.1 Å². The average molecular weight is 550 g/mol. The molecule has 2 aromatic carbocycles. The second kappa shape index (κ2) is 14.7. The summed E-state index contributed by atoms with van der Waals surface area (Å²) in [6.45, 7) is 6.31. The zero-order chi connectivity index (χ0) is 28.0. The summed E-state index contributed by atoms with van der Waals surface area (Å²) in [6.07, 6.45) is -2.12. The second-order valence-electron chi connectivity index (χ2n) is 10.1. The number of hydrogen-bond acceptors (Lipinski definition) is 5. The summed E-state index contributed by atoms with van der Waals surface area (Å²) in [7, 11) is 1.72. The van der Waals surface area contributed by atoms with Gasteiger partial charge in [-0.1, -0.05) is 43.7 Å². The molecule has 10 heteroatoms. The Balaban J connectivity index is 0.00000400. The number of carboxylic acids is 1. The predicted octanol–water partition coefficient (Wildman–Crippen LogP) is 1.35. The van der Waals surface area contributed by atoms with Crippen LogP contribution in [0.2, 0.25) is 0 Å². The molecular weight excluding hydrogens is 512 g/mol. The molecule has 0 saturated heterocycles. The number of carbonyl (C=O) groups is 2. The Morgan fingerprint density at radius 3 is 2.36 bits per heavy atom. The first-order valence-corrected chi connectivity index (χ1v) is 12.7. The van der Waals surface area contributed by atoms with E-state index in [1.807, 2.05) is 45.0 Å². The van der Waals surface area contributed by atoms with E-state index in [2.05, 4.69) is 5.10 Å². The molecule has 1 amide bonds. The summed E-state index contributed by atoms with van der Waals surface area (Å²) in [5, 5.41) is 34.0. The number of carboxylic acid groups (broad SMARTS) is 1. The molecule has 3 aromatic rings. The van der Waals surface area contributed by atoms with Crippen molar-refractivity contribution < 1.29 is 60.3 Å². The van der Waals surface area contributed by atoms with Crippen molar-refractivity contribution in [1.29, 1.82) is 0 Å². The largest absolute Gasteiger partial charge is 1.00 e. The van der Waals surface area contributed by atoms with E-state index in [0.717, 1.165) is 16.7 Å². The molecule has 1 aromatic heterocycles. The number of rotatable bonds is 12. The topological polar surface area (TPSA) is 116 Å². The van der Waals surface area contributed by atoms with Crippen molar-refractivity contribution in [3.8, 4) is 5.69 Å². The number of aliphatic hydroxyl groups excluding tert-OH is 2. The fourth-order valence-electron chi connectivity index (χ4n) is 4.62. The van der Waals surface area contributed by atoms with Gasteiger partial charge in [-0.3, -0.25) is 9.59 Å². The van der Waals surface area contributed by atoms with Gasteiger partial charge in [0.25, 0.3) is 5.91 Å². The van der Waals surface area contributed by atoms with E-state index in [4.69, 9.17) is 5.11 Å². The Morgan fingerprint density at radius 1 is 1.10 bits per heavy atom. The predicted molar refractivity (Wildman–Crippen MR) is 143 cm³/mol. The van der Waals surface area contributed by atoms with Crippen LogP contribution in [0.4, 0.5) is 4.39 Å². The summed E-state index contributed by atoms with van der Waals surface area (Å²) in [5.41, 5.74) is 4.38. The van der Waals surface area contributed by atoms with Crippen LogP contribution in [0.5, 0.6) is 0 Å². The van der Waals surface area contributed by atoms with Crippen LogP contribution in [-0.2, 0) is 17.8 Å². The van der Waals surface area contributed by atoms with Crippen LogP contribution < -0.4 is 29.6 Å². The third kappa shape index (κ3) is 8.98. The molecular formula is C29H37FN3NaO5. The van der Waals surface area contributed by atoms with Crippen LogP contribution in [0.15, 0.2) is 48.5 Å². The molecule has 8 nitrogen and oxygen atoms in total. The molecule has 0 spiro atoms. The van der Waals surface area contributed by atoms with Crippen LogP contribution >= 0.6 is 0 Å². The Kier molecular flexibility index (Phi) is 12.3. The minimum absolute atomic E-state index is 0. The summed E-state index contributed by atoms with van der Waals surface area (Å²) in [4.78, 5) is 26.1. The van der Waals surface area contributed by atoms with Gasteiger partial charge in [0, 0.05) is 24.8 Å². The van der Waals surface area contributed by atoms with Gasteiger partial charge in [-0.15, -0.1) is 0 Å². The summed E-state index contributed by atoms with van der Waals surface area (Å²) in [5.74, 6) is -1.88. The minimum atomic E-state index is -1.17. The molecule has 39 heavy (non-hydrogen) atoms. The van der Waals surface area contributed by atoms with Gasteiger partial charge in [-0.2, -0.15) is 5.10 Å². The number of amides is 1. The fourth-order valence-corrected chi connectivity index (χ4v) is 4.62. The molecule has 0 aliphatic heterocycles. The molecule has 0 fully saturated rings. The Morgan fingerprint density at radius 2 is 1.77 bits per heavy atom.